The normalized spacial score (nSPS) is 9.73. The van der Waals surface area contributed by atoms with Crippen LogP contribution in [0.15, 0.2) is 45.3 Å². The Bertz CT molecular complexity index is 547. The molecule has 5 heteroatoms. The largest absolute Gasteiger partial charge is 0.497 e. The van der Waals surface area contributed by atoms with Gasteiger partial charge in [0, 0.05) is 14.3 Å². The Balaban J connectivity index is 0.000000220. The van der Waals surface area contributed by atoms with E-state index in [1.54, 1.807) is 14.2 Å². The zero-order valence-corrected chi connectivity index (χ0v) is 17.6. The minimum absolute atomic E-state index is 0.838. The molecule has 22 heavy (non-hydrogen) atoms. The lowest BCUT2D eigenvalue weighted by Crippen LogP contribution is -1.86. The van der Waals surface area contributed by atoms with E-state index in [-0.39, 0.29) is 0 Å². The molecule has 0 N–H and O–H groups in total. The number of hydrogen-bond donors (Lipinski definition) is 0. The monoisotopic (exact) mass is 492 g/mol. The summed E-state index contributed by atoms with van der Waals surface area (Å²) in [5, 5.41) is 0.838. The van der Waals surface area contributed by atoms with E-state index in [4.69, 9.17) is 9.47 Å². The molecule has 0 bridgehead atoms. The highest BCUT2D eigenvalue weighted by molar-refractivity contribution is 9.11. The van der Waals surface area contributed by atoms with Gasteiger partial charge < -0.3 is 9.47 Å². The van der Waals surface area contributed by atoms with Crippen molar-refractivity contribution < 1.29 is 9.47 Å². The van der Waals surface area contributed by atoms with E-state index in [0.29, 0.717) is 0 Å². The first-order valence-corrected chi connectivity index (χ1v) is 9.47. The Hall–Kier alpha value is -0.520. The number of benzene rings is 2. The highest BCUT2D eigenvalue weighted by Gasteiger charge is 1.99. The minimum atomic E-state index is 0.838. The van der Waals surface area contributed by atoms with E-state index in [9.17, 15) is 0 Å². The summed E-state index contributed by atoms with van der Waals surface area (Å²) in [7, 11) is 3.35. The Kier molecular flexibility index (Phi) is 9.13. The van der Waals surface area contributed by atoms with Crippen molar-refractivity contribution in [3.05, 3.63) is 56.5 Å². The summed E-state index contributed by atoms with van der Waals surface area (Å²) >= 11 is 10.3. The van der Waals surface area contributed by atoms with Crippen LogP contribution in [0.5, 0.6) is 11.5 Å². The maximum absolute atomic E-state index is 5.09. The van der Waals surface area contributed by atoms with E-state index in [0.717, 1.165) is 32.2 Å². The fraction of sp³-hybridized carbons (Fsp3) is 0.294. The summed E-state index contributed by atoms with van der Waals surface area (Å²) in [4.78, 5) is 0. The third-order valence-corrected chi connectivity index (χ3v) is 5.18. The zero-order chi connectivity index (χ0) is 16.5. The summed E-state index contributed by atoms with van der Waals surface area (Å²) in [6.07, 6.45) is 1.03. The van der Waals surface area contributed by atoms with Crippen molar-refractivity contribution >= 4 is 47.8 Å². The molecular weight excluding hydrogens is 476 g/mol. The van der Waals surface area contributed by atoms with Crippen LogP contribution >= 0.6 is 47.8 Å². The second kappa shape index (κ2) is 10.3. The molecule has 0 fully saturated rings. The van der Waals surface area contributed by atoms with E-state index >= 15 is 0 Å². The first-order valence-electron chi connectivity index (χ1n) is 6.76. The van der Waals surface area contributed by atoms with Crippen molar-refractivity contribution in [3.63, 3.8) is 0 Å². The number of halogens is 3. The molecule has 2 aromatic rings. The first-order chi connectivity index (χ1) is 10.5. The fourth-order valence-electron chi connectivity index (χ4n) is 1.73. The van der Waals surface area contributed by atoms with Crippen molar-refractivity contribution in [1.82, 2.24) is 0 Å². The second-order valence-electron chi connectivity index (χ2n) is 4.40. The smallest absolute Gasteiger partial charge is 0.119 e. The summed E-state index contributed by atoms with van der Waals surface area (Å²) in [5.74, 6) is 1.81. The van der Waals surface area contributed by atoms with Gasteiger partial charge in [-0.2, -0.15) is 0 Å². The minimum Gasteiger partial charge on any atom is -0.497 e. The van der Waals surface area contributed by atoms with E-state index in [1.165, 1.54) is 11.1 Å². The van der Waals surface area contributed by atoms with Crippen LogP contribution in [0.25, 0.3) is 0 Å². The van der Waals surface area contributed by atoms with Gasteiger partial charge in [-0.1, -0.05) is 54.7 Å². The average molecular weight is 495 g/mol. The van der Waals surface area contributed by atoms with Crippen LogP contribution in [0, 0.1) is 0 Å². The quantitative estimate of drug-likeness (QED) is 0.459. The van der Waals surface area contributed by atoms with Gasteiger partial charge in [0.2, 0.25) is 0 Å². The van der Waals surface area contributed by atoms with Gasteiger partial charge in [0.05, 0.1) is 14.2 Å². The third kappa shape index (κ3) is 5.94. The summed E-state index contributed by atoms with van der Waals surface area (Å²) in [6, 6.07) is 11.9. The number of rotatable bonds is 4. The Morgan fingerprint density at radius 1 is 0.818 bits per heavy atom. The molecule has 0 atom stereocenters. The molecule has 0 aliphatic carbocycles. The highest BCUT2D eigenvalue weighted by Crippen LogP contribution is 2.24. The number of methoxy groups -OCH3 is 2. The summed E-state index contributed by atoms with van der Waals surface area (Å²) in [5.41, 5.74) is 2.48. The Morgan fingerprint density at radius 2 is 1.27 bits per heavy atom. The Morgan fingerprint density at radius 3 is 1.68 bits per heavy atom. The lowest BCUT2D eigenvalue weighted by Gasteiger charge is -2.03. The molecule has 0 aliphatic rings. The van der Waals surface area contributed by atoms with E-state index < -0.39 is 0 Å². The van der Waals surface area contributed by atoms with Crippen LogP contribution in [-0.4, -0.2) is 14.2 Å². The molecule has 0 spiro atoms. The van der Waals surface area contributed by atoms with Gasteiger partial charge in [-0.25, -0.2) is 0 Å². The number of ether oxygens (including phenoxy) is 2. The molecule has 0 saturated carbocycles. The van der Waals surface area contributed by atoms with Crippen molar-refractivity contribution in [2.45, 2.75) is 18.7 Å². The molecule has 0 saturated heterocycles. The van der Waals surface area contributed by atoms with Crippen LogP contribution in [0.2, 0.25) is 0 Å². The predicted octanol–water partition coefficient (Wildman–Crippen LogP) is 6.37. The number of alkyl halides is 1. The van der Waals surface area contributed by atoms with Crippen molar-refractivity contribution in [2.75, 3.05) is 14.2 Å². The van der Waals surface area contributed by atoms with Crippen molar-refractivity contribution in [3.8, 4) is 11.5 Å². The van der Waals surface area contributed by atoms with Crippen LogP contribution in [0.4, 0.5) is 0 Å². The molecule has 120 valence electrons. The molecule has 2 rings (SSSR count). The third-order valence-electron chi connectivity index (χ3n) is 3.03. The van der Waals surface area contributed by atoms with Gasteiger partial charge in [0.1, 0.15) is 11.5 Å². The van der Waals surface area contributed by atoms with Crippen LogP contribution in [0.3, 0.4) is 0 Å². The first kappa shape index (κ1) is 19.5. The lowest BCUT2D eigenvalue weighted by atomic mass is 10.2. The summed E-state index contributed by atoms with van der Waals surface area (Å²) < 4.78 is 12.4. The van der Waals surface area contributed by atoms with Gasteiger partial charge >= 0.3 is 0 Å². The second-order valence-corrected chi connectivity index (χ2v) is 6.67. The summed E-state index contributed by atoms with van der Waals surface area (Å²) in [6.45, 7) is 2.12. The standard InChI is InChI=1S/C9H11BrO.C8H8Br2O/c1-3-7-6-8(11-2)4-5-9(7)10;1-11-7-2-3-8(10)6(4-7)5-9/h4-6H,3H2,1-2H3;2-4H,5H2,1H3. The van der Waals surface area contributed by atoms with E-state index in [2.05, 4.69) is 54.7 Å². The van der Waals surface area contributed by atoms with E-state index in [1.807, 2.05) is 36.4 Å². The maximum atomic E-state index is 5.09. The molecule has 0 radical (unpaired) electrons. The van der Waals surface area contributed by atoms with Gasteiger partial charge in [0.15, 0.2) is 0 Å². The average Bonchev–Trinajstić information content (AvgIpc) is 2.56. The molecule has 2 aromatic carbocycles. The highest BCUT2D eigenvalue weighted by atomic mass is 79.9. The molecule has 0 unspecified atom stereocenters. The number of hydrogen-bond acceptors (Lipinski definition) is 2. The fourth-order valence-corrected chi connectivity index (χ4v) is 3.48. The lowest BCUT2D eigenvalue weighted by molar-refractivity contribution is 0.414. The topological polar surface area (TPSA) is 18.5 Å². The molecule has 0 heterocycles. The van der Waals surface area contributed by atoms with Crippen LogP contribution in [0.1, 0.15) is 18.1 Å². The maximum Gasteiger partial charge on any atom is 0.119 e. The molecule has 0 amide bonds. The Labute approximate surface area is 157 Å². The van der Waals surface area contributed by atoms with Crippen LogP contribution < -0.4 is 9.47 Å². The van der Waals surface area contributed by atoms with Crippen molar-refractivity contribution in [1.29, 1.82) is 0 Å². The number of aryl methyl sites for hydroxylation is 1. The van der Waals surface area contributed by atoms with Gasteiger partial charge in [-0.05, 0) is 53.9 Å². The van der Waals surface area contributed by atoms with Gasteiger partial charge in [-0.15, -0.1) is 0 Å². The van der Waals surface area contributed by atoms with Crippen LogP contribution in [-0.2, 0) is 11.8 Å². The van der Waals surface area contributed by atoms with Crippen molar-refractivity contribution in [2.24, 2.45) is 0 Å². The molecule has 0 aromatic heterocycles. The van der Waals surface area contributed by atoms with Gasteiger partial charge in [0.25, 0.3) is 0 Å². The molecule has 2 nitrogen and oxygen atoms in total. The zero-order valence-electron chi connectivity index (χ0n) is 12.8. The molecular formula is C17H19Br3O2. The predicted molar refractivity (Wildman–Crippen MR) is 103 cm³/mol. The SMILES string of the molecule is CCc1cc(OC)ccc1Br.COc1ccc(Br)c(CBr)c1. The van der Waals surface area contributed by atoms with Gasteiger partial charge in [-0.3, -0.25) is 0 Å². The molecule has 0 aliphatic heterocycles.